The number of aromatic carboxylic acids is 1. The van der Waals surface area contributed by atoms with E-state index in [0.29, 0.717) is 10.8 Å². The molecule has 0 saturated carbocycles. The summed E-state index contributed by atoms with van der Waals surface area (Å²) in [6, 6.07) is 8.91. The van der Waals surface area contributed by atoms with Gasteiger partial charge in [-0.3, -0.25) is 0 Å². The predicted octanol–water partition coefficient (Wildman–Crippen LogP) is 4.31. The smallest absolute Gasteiger partial charge is 0.345 e. The number of rotatable bonds is 3. The molecule has 1 aromatic carbocycles. The van der Waals surface area contributed by atoms with Crippen LogP contribution in [0.1, 0.15) is 15.2 Å². The van der Waals surface area contributed by atoms with Gasteiger partial charge in [-0.05, 0) is 52.7 Å². The van der Waals surface area contributed by atoms with Crippen LogP contribution in [0.4, 0.5) is 0 Å². The summed E-state index contributed by atoms with van der Waals surface area (Å²) < 4.78 is 6.45. The Labute approximate surface area is 111 Å². The van der Waals surface area contributed by atoms with Crippen LogP contribution in [0.5, 0.6) is 10.8 Å². The Kier molecular flexibility index (Phi) is 3.49. The number of aryl methyl sites for hydroxylation is 1. The molecule has 88 valence electrons. The molecule has 3 nitrogen and oxygen atoms in total. The standard InChI is InChI=1S/C12H9BrO3S/c1-7-2-3-9(8(13)6-7)16-11-5-4-10(17-11)12(14)15/h2-6H,1H3,(H,14,15). The molecular weight excluding hydrogens is 304 g/mol. The second-order valence-electron chi connectivity index (χ2n) is 3.46. The number of benzene rings is 1. The predicted molar refractivity (Wildman–Crippen MR) is 70.2 cm³/mol. The maximum Gasteiger partial charge on any atom is 0.345 e. The molecule has 0 radical (unpaired) electrons. The number of hydrogen-bond acceptors (Lipinski definition) is 3. The van der Waals surface area contributed by atoms with Gasteiger partial charge in [0.05, 0.1) is 4.47 Å². The Hall–Kier alpha value is -1.33. The molecule has 0 amide bonds. The van der Waals surface area contributed by atoms with Crippen LogP contribution < -0.4 is 4.74 Å². The second-order valence-corrected chi connectivity index (χ2v) is 5.36. The average molecular weight is 313 g/mol. The molecule has 0 aliphatic heterocycles. The van der Waals surface area contributed by atoms with Crippen LogP contribution in [-0.2, 0) is 0 Å². The topological polar surface area (TPSA) is 46.5 Å². The van der Waals surface area contributed by atoms with E-state index < -0.39 is 5.97 Å². The average Bonchev–Trinajstić information content (AvgIpc) is 2.71. The van der Waals surface area contributed by atoms with Gasteiger partial charge in [0.25, 0.3) is 0 Å². The zero-order valence-electron chi connectivity index (χ0n) is 8.94. The van der Waals surface area contributed by atoms with Crippen molar-refractivity contribution in [1.82, 2.24) is 0 Å². The van der Waals surface area contributed by atoms with Crippen molar-refractivity contribution >= 4 is 33.2 Å². The Morgan fingerprint density at radius 1 is 1.35 bits per heavy atom. The van der Waals surface area contributed by atoms with Crippen LogP contribution >= 0.6 is 27.3 Å². The van der Waals surface area contributed by atoms with Crippen molar-refractivity contribution in [3.05, 3.63) is 45.2 Å². The Morgan fingerprint density at radius 3 is 2.71 bits per heavy atom. The highest BCUT2D eigenvalue weighted by Gasteiger charge is 2.09. The summed E-state index contributed by atoms with van der Waals surface area (Å²) >= 11 is 4.51. The summed E-state index contributed by atoms with van der Waals surface area (Å²) in [5, 5.41) is 9.36. The van der Waals surface area contributed by atoms with E-state index in [2.05, 4.69) is 15.9 Å². The minimum Gasteiger partial charge on any atom is -0.477 e. The molecule has 0 saturated heterocycles. The SMILES string of the molecule is Cc1ccc(Oc2ccc(C(=O)O)s2)c(Br)c1. The first-order valence-electron chi connectivity index (χ1n) is 4.83. The highest BCUT2D eigenvalue weighted by molar-refractivity contribution is 9.10. The summed E-state index contributed by atoms with van der Waals surface area (Å²) in [4.78, 5) is 11.0. The fourth-order valence-corrected chi connectivity index (χ4v) is 2.57. The van der Waals surface area contributed by atoms with E-state index in [-0.39, 0.29) is 4.88 Å². The summed E-state index contributed by atoms with van der Waals surface area (Å²) in [7, 11) is 0. The summed E-state index contributed by atoms with van der Waals surface area (Å²) in [6.45, 7) is 1.99. The molecule has 0 bridgehead atoms. The van der Waals surface area contributed by atoms with E-state index in [1.165, 1.54) is 6.07 Å². The van der Waals surface area contributed by atoms with Gasteiger partial charge in [0.15, 0.2) is 5.06 Å². The van der Waals surface area contributed by atoms with E-state index in [9.17, 15) is 4.79 Å². The molecule has 5 heteroatoms. The van der Waals surface area contributed by atoms with Crippen molar-refractivity contribution in [2.45, 2.75) is 6.92 Å². The highest BCUT2D eigenvalue weighted by atomic mass is 79.9. The van der Waals surface area contributed by atoms with Gasteiger partial charge in [-0.25, -0.2) is 4.79 Å². The number of carboxylic acids is 1. The number of halogens is 1. The Balaban J connectivity index is 2.22. The molecule has 1 N–H and O–H groups in total. The van der Waals surface area contributed by atoms with Gasteiger partial charge in [0.2, 0.25) is 0 Å². The van der Waals surface area contributed by atoms with Gasteiger partial charge < -0.3 is 9.84 Å². The molecule has 1 aromatic heterocycles. The fraction of sp³-hybridized carbons (Fsp3) is 0.0833. The van der Waals surface area contributed by atoms with Crippen LogP contribution in [0, 0.1) is 6.92 Å². The fourth-order valence-electron chi connectivity index (χ4n) is 1.29. The highest BCUT2D eigenvalue weighted by Crippen LogP contribution is 2.34. The van der Waals surface area contributed by atoms with Gasteiger partial charge in [-0.1, -0.05) is 17.4 Å². The molecule has 2 rings (SSSR count). The van der Waals surface area contributed by atoms with Crippen molar-refractivity contribution in [2.24, 2.45) is 0 Å². The molecule has 0 fully saturated rings. The molecule has 0 aliphatic rings. The first-order valence-corrected chi connectivity index (χ1v) is 6.44. The Morgan fingerprint density at radius 2 is 2.12 bits per heavy atom. The molecule has 0 unspecified atom stereocenters. The zero-order chi connectivity index (χ0) is 12.4. The summed E-state index contributed by atoms with van der Waals surface area (Å²) in [6.07, 6.45) is 0. The third-order valence-electron chi connectivity index (χ3n) is 2.09. The van der Waals surface area contributed by atoms with Crippen LogP contribution in [0.3, 0.4) is 0 Å². The van der Waals surface area contributed by atoms with E-state index in [1.807, 2.05) is 25.1 Å². The van der Waals surface area contributed by atoms with Crippen LogP contribution in [0.15, 0.2) is 34.8 Å². The molecule has 17 heavy (non-hydrogen) atoms. The number of carboxylic acid groups (broad SMARTS) is 1. The van der Waals surface area contributed by atoms with E-state index >= 15 is 0 Å². The molecule has 0 spiro atoms. The van der Waals surface area contributed by atoms with Crippen molar-refractivity contribution in [3.8, 4) is 10.8 Å². The minimum atomic E-state index is -0.937. The first kappa shape index (κ1) is 12.1. The van der Waals surface area contributed by atoms with Crippen LogP contribution in [0.2, 0.25) is 0 Å². The van der Waals surface area contributed by atoms with Gasteiger partial charge >= 0.3 is 5.97 Å². The van der Waals surface area contributed by atoms with E-state index in [4.69, 9.17) is 9.84 Å². The normalized spacial score (nSPS) is 10.2. The first-order chi connectivity index (χ1) is 8.06. The molecular formula is C12H9BrO3S. The van der Waals surface area contributed by atoms with E-state index in [1.54, 1.807) is 6.07 Å². The monoisotopic (exact) mass is 312 g/mol. The molecule has 1 heterocycles. The lowest BCUT2D eigenvalue weighted by molar-refractivity contribution is 0.0702. The van der Waals surface area contributed by atoms with Crippen molar-refractivity contribution in [2.75, 3.05) is 0 Å². The minimum absolute atomic E-state index is 0.267. The molecule has 2 aromatic rings. The lowest BCUT2D eigenvalue weighted by atomic mass is 10.2. The molecule has 0 atom stereocenters. The summed E-state index contributed by atoms with van der Waals surface area (Å²) in [5.41, 5.74) is 1.13. The maximum absolute atomic E-state index is 10.7. The van der Waals surface area contributed by atoms with Crippen molar-refractivity contribution < 1.29 is 14.6 Å². The quantitative estimate of drug-likeness (QED) is 0.918. The Bertz CT molecular complexity index is 563. The lowest BCUT2D eigenvalue weighted by Crippen LogP contribution is -1.89. The number of hydrogen-bond donors (Lipinski definition) is 1. The third kappa shape index (κ3) is 2.87. The number of thiophene rings is 1. The lowest BCUT2D eigenvalue weighted by Gasteiger charge is -2.05. The van der Waals surface area contributed by atoms with Gasteiger partial charge in [0.1, 0.15) is 10.6 Å². The van der Waals surface area contributed by atoms with Crippen LogP contribution in [-0.4, -0.2) is 11.1 Å². The van der Waals surface area contributed by atoms with Crippen molar-refractivity contribution in [3.63, 3.8) is 0 Å². The third-order valence-corrected chi connectivity index (χ3v) is 3.66. The molecule has 0 aliphatic carbocycles. The maximum atomic E-state index is 10.7. The zero-order valence-corrected chi connectivity index (χ0v) is 11.3. The summed E-state index contributed by atoms with van der Waals surface area (Å²) in [5.74, 6) is -0.262. The van der Waals surface area contributed by atoms with Crippen molar-refractivity contribution in [1.29, 1.82) is 0 Å². The number of carbonyl (C=O) groups is 1. The van der Waals surface area contributed by atoms with E-state index in [0.717, 1.165) is 21.4 Å². The van der Waals surface area contributed by atoms with Gasteiger partial charge in [0, 0.05) is 0 Å². The largest absolute Gasteiger partial charge is 0.477 e. The van der Waals surface area contributed by atoms with Crippen LogP contribution in [0.25, 0.3) is 0 Å². The van der Waals surface area contributed by atoms with Gasteiger partial charge in [-0.15, -0.1) is 0 Å². The number of ether oxygens (including phenoxy) is 1. The second kappa shape index (κ2) is 4.89. The van der Waals surface area contributed by atoms with Gasteiger partial charge in [-0.2, -0.15) is 0 Å².